The van der Waals surface area contributed by atoms with Crippen LogP contribution in [0.1, 0.15) is 161 Å². The van der Waals surface area contributed by atoms with Gasteiger partial charge < -0.3 is 24.8 Å². The van der Waals surface area contributed by atoms with Crippen molar-refractivity contribution in [1.82, 2.24) is 0 Å². The molecule has 7 aliphatic rings. The normalized spacial score (nSPS) is 40.5. The maximum Gasteiger partial charge on any atom is 0.331 e. The Morgan fingerprint density at radius 1 is 0.877 bits per heavy atom. The molecular weight excluding hydrogens is 713 g/mol. The Morgan fingerprint density at radius 3 is 2.35 bits per heavy atom. The highest BCUT2D eigenvalue weighted by Crippen LogP contribution is 2.76. The number of cyclic esters (lactones) is 1. The molecule has 7 nitrogen and oxygen atoms in total. The second-order valence-corrected chi connectivity index (χ2v) is 21.0. The van der Waals surface area contributed by atoms with Gasteiger partial charge in [-0.2, -0.15) is 0 Å². The predicted octanol–water partition coefficient (Wildman–Crippen LogP) is 9.75. The summed E-state index contributed by atoms with van der Waals surface area (Å²) in [4.78, 5) is 26.6. The van der Waals surface area contributed by atoms with Crippen LogP contribution >= 0.6 is 0 Å². The lowest BCUT2D eigenvalue weighted by Crippen LogP contribution is -2.83. The third-order valence-electron chi connectivity index (χ3n) is 17.8. The number of fused-ring (bicyclic) bond motifs is 1. The fourth-order valence-electron chi connectivity index (χ4n) is 14.7. The summed E-state index contributed by atoms with van der Waals surface area (Å²) < 4.78 is 12.3. The number of aryl methyl sites for hydroxylation is 1. The van der Waals surface area contributed by atoms with E-state index in [0.29, 0.717) is 42.9 Å². The number of ether oxygens (including phenoxy) is 2. The van der Waals surface area contributed by atoms with Crippen molar-refractivity contribution in [2.75, 3.05) is 6.61 Å². The number of carbonyl (C=O) groups excluding carboxylic acids is 2. The van der Waals surface area contributed by atoms with Crippen LogP contribution in [0.15, 0.2) is 54.1 Å². The molecule has 10 unspecified atom stereocenters. The van der Waals surface area contributed by atoms with E-state index in [1.165, 1.54) is 37.7 Å². The molecule has 8 rings (SSSR count). The molecule has 57 heavy (non-hydrogen) atoms. The summed E-state index contributed by atoms with van der Waals surface area (Å²) >= 11 is 0. The van der Waals surface area contributed by atoms with E-state index < -0.39 is 40.2 Å². The van der Waals surface area contributed by atoms with E-state index in [9.17, 15) is 24.9 Å². The van der Waals surface area contributed by atoms with Crippen molar-refractivity contribution in [3.05, 3.63) is 59.7 Å². The maximum absolute atomic E-state index is 14.4. The summed E-state index contributed by atoms with van der Waals surface area (Å²) in [5.41, 5.74) is -3.30. The SMILES string of the molecule is CC(CCCc1ccccc1)CCC1(O)C=CC2(C)CC(OC(=O)C3CCCCC3)C3C(C)(C4CCC5(CCCC5)C4)CCC(O)C31C2(O)CCC1=CC(=O)OC1. The summed E-state index contributed by atoms with van der Waals surface area (Å²) in [5, 5.41) is 40.9. The van der Waals surface area contributed by atoms with Gasteiger partial charge in [0.1, 0.15) is 12.7 Å². The molecule has 2 spiro atoms. The van der Waals surface area contributed by atoms with Crippen molar-refractivity contribution in [2.24, 2.45) is 45.3 Å². The Kier molecular flexibility index (Phi) is 11.5. The number of rotatable bonds is 13. The van der Waals surface area contributed by atoms with E-state index in [1.54, 1.807) is 6.08 Å². The largest absolute Gasteiger partial charge is 0.462 e. The van der Waals surface area contributed by atoms with E-state index in [2.05, 4.69) is 51.1 Å². The summed E-state index contributed by atoms with van der Waals surface area (Å²) in [7, 11) is 0. The number of hydrogen-bond acceptors (Lipinski definition) is 7. The highest BCUT2D eigenvalue weighted by molar-refractivity contribution is 5.85. The number of aliphatic hydroxyl groups is 3. The van der Waals surface area contributed by atoms with E-state index >= 15 is 0 Å². The van der Waals surface area contributed by atoms with Crippen molar-refractivity contribution in [3.63, 3.8) is 0 Å². The number of aliphatic hydroxyl groups excluding tert-OH is 1. The fraction of sp³-hybridized carbons (Fsp3) is 0.760. The first-order valence-electron chi connectivity index (χ1n) is 23.2. The van der Waals surface area contributed by atoms with Crippen molar-refractivity contribution in [1.29, 1.82) is 0 Å². The highest BCUT2D eigenvalue weighted by atomic mass is 16.5. The first-order chi connectivity index (χ1) is 27.3. The summed E-state index contributed by atoms with van der Waals surface area (Å²) in [6.07, 6.45) is 24.0. The van der Waals surface area contributed by atoms with Crippen LogP contribution in [-0.4, -0.2) is 57.3 Å². The smallest absolute Gasteiger partial charge is 0.331 e. The van der Waals surface area contributed by atoms with Crippen LogP contribution in [0.2, 0.25) is 0 Å². The second kappa shape index (κ2) is 15.8. The predicted molar refractivity (Wildman–Crippen MR) is 222 cm³/mol. The van der Waals surface area contributed by atoms with Crippen LogP contribution in [0.3, 0.4) is 0 Å². The van der Waals surface area contributed by atoms with Gasteiger partial charge in [0.05, 0.1) is 28.6 Å². The number of esters is 2. The zero-order valence-electron chi connectivity index (χ0n) is 35.3. The minimum atomic E-state index is -1.56. The molecule has 1 aromatic carbocycles. The standard InChI is InChI=1S/C50H72O7/c1-35(13-12-16-36-14-6-4-7-15-36)19-27-48(54)30-29-45(2)33-40(57-44(53)38-17-8-5-9-18-38)43-46(3,39-21-26-47(32-39)23-10-11-24-47)25-22-41(51)50(43,48)49(45,55)28-20-37-31-42(52)56-34-37/h4,6-7,14-15,29-31,35,38-41,43,51,54-55H,5,8-13,16-28,32-34H2,1-3H3. The van der Waals surface area contributed by atoms with E-state index in [4.69, 9.17) is 9.47 Å². The molecule has 5 fully saturated rings. The number of benzene rings is 1. The fourth-order valence-corrected chi connectivity index (χ4v) is 14.7. The monoisotopic (exact) mass is 785 g/mol. The molecular formula is C50H72O7. The molecule has 1 aliphatic heterocycles. The van der Waals surface area contributed by atoms with Gasteiger partial charge in [-0.1, -0.05) is 102 Å². The minimum Gasteiger partial charge on any atom is -0.462 e. The maximum atomic E-state index is 14.4. The van der Waals surface area contributed by atoms with Crippen molar-refractivity contribution in [2.45, 2.75) is 185 Å². The summed E-state index contributed by atoms with van der Waals surface area (Å²) in [6.45, 7) is 6.94. The van der Waals surface area contributed by atoms with Gasteiger partial charge >= 0.3 is 11.9 Å². The molecule has 0 aromatic heterocycles. The average Bonchev–Trinajstić information content (AvgIpc) is 3.97. The van der Waals surface area contributed by atoms with E-state index in [0.717, 1.165) is 82.6 Å². The van der Waals surface area contributed by atoms with Crippen LogP contribution in [0.4, 0.5) is 0 Å². The van der Waals surface area contributed by atoms with Crippen LogP contribution in [0.25, 0.3) is 0 Å². The Labute approximate surface area is 342 Å². The molecule has 1 aromatic rings. The quantitative estimate of drug-likeness (QED) is 0.135. The van der Waals surface area contributed by atoms with Crippen molar-refractivity contribution >= 4 is 11.9 Å². The first-order valence-corrected chi connectivity index (χ1v) is 23.2. The Balaban J connectivity index is 1.21. The van der Waals surface area contributed by atoms with Crippen LogP contribution in [0.5, 0.6) is 0 Å². The average molecular weight is 785 g/mol. The molecule has 5 saturated carbocycles. The Morgan fingerprint density at radius 2 is 1.63 bits per heavy atom. The molecule has 2 bridgehead atoms. The number of hydrogen-bond donors (Lipinski definition) is 3. The van der Waals surface area contributed by atoms with Gasteiger partial charge in [0, 0.05) is 17.4 Å². The lowest BCUT2D eigenvalue weighted by molar-refractivity contribution is -0.362. The molecule has 3 N–H and O–H groups in total. The van der Waals surface area contributed by atoms with Gasteiger partial charge in [0.2, 0.25) is 0 Å². The van der Waals surface area contributed by atoms with Crippen molar-refractivity contribution < 1.29 is 34.4 Å². The van der Waals surface area contributed by atoms with Crippen LogP contribution in [0, 0.1) is 45.3 Å². The highest BCUT2D eigenvalue weighted by Gasteiger charge is 2.82. The van der Waals surface area contributed by atoms with Gasteiger partial charge in [-0.3, -0.25) is 4.79 Å². The Hall–Kier alpha value is -2.48. The van der Waals surface area contributed by atoms with Gasteiger partial charge in [-0.15, -0.1) is 0 Å². The molecule has 1 heterocycles. The van der Waals surface area contributed by atoms with E-state index in [-0.39, 0.29) is 36.3 Å². The molecule has 7 heteroatoms. The molecule has 314 valence electrons. The van der Waals surface area contributed by atoms with Crippen LogP contribution < -0.4 is 0 Å². The lowest BCUT2D eigenvalue weighted by Gasteiger charge is -2.76. The van der Waals surface area contributed by atoms with Gasteiger partial charge in [-0.25, -0.2) is 4.79 Å². The second-order valence-electron chi connectivity index (χ2n) is 21.0. The summed E-state index contributed by atoms with van der Waals surface area (Å²) in [6, 6.07) is 10.6. The summed E-state index contributed by atoms with van der Waals surface area (Å²) in [5.74, 6) is -0.419. The lowest BCUT2D eigenvalue weighted by atomic mass is 9.31. The zero-order chi connectivity index (χ0) is 40.1. The Bertz CT molecular complexity index is 1670. The topological polar surface area (TPSA) is 113 Å². The van der Waals surface area contributed by atoms with Crippen LogP contribution in [-0.2, 0) is 25.5 Å². The number of carbonyl (C=O) groups is 2. The molecule has 6 aliphatic carbocycles. The van der Waals surface area contributed by atoms with Gasteiger partial charge in [-0.05, 0) is 137 Å². The third kappa shape index (κ3) is 7.09. The van der Waals surface area contributed by atoms with Crippen molar-refractivity contribution in [3.8, 4) is 0 Å². The molecule has 0 radical (unpaired) electrons. The third-order valence-corrected chi connectivity index (χ3v) is 17.8. The molecule has 0 saturated heterocycles. The first kappa shape index (κ1) is 41.3. The molecule has 0 amide bonds. The zero-order valence-corrected chi connectivity index (χ0v) is 35.3. The minimum absolute atomic E-state index is 0.130. The van der Waals surface area contributed by atoms with Gasteiger partial charge in [0.15, 0.2) is 0 Å². The van der Waals surface area contributed by atoms with Gasteiger partial charge in [0.25, 0.3) is 0 Å². The molecule has 10 atom stereocenters. The van der Waals surface area contributed by atoms with E-state index in [1.807, 2.05) is 12.2 Å².